The number of nitrogens with one attached hydrogen (secondary N) is 1. The van der Waals surface area contributed by atoms with Crippen LogP contribution in [0.5, 0.6) is 0 Å². The zero-order valence-electron chi connectivity index (χ0n) is 9.41. The Labute approximate surface area is 89.4 Å². The van der Waals surface area contributed by atoms with Crippen molar-refractivity contribution in [1.29, 1.82) is 0 Å². The summed E-state index contributed by atoms with van der Waals surface area (Å²) in [7, 11) is 1.77. The molecule has 15 heavy (non-hydrogen) atoms. The van der Waals surface area contributed by atoms with E-state index in [1.165, 1.54) is 0 Å². The van der Waals surface area contributed by atoms with Crippen molar-refractivity contribution < 1.29 is 9.59 Å². The molecule has 2 amide bonds. The number of rotatable bonds is 2. The van der Waals surface area contributed by atoms with Crippen molar-refractivity contribution in [3.63, 3.8) is 0 Å². The van der Waals surface area contributed by atoms with E-state index in [0.29, 0.717) is 13.1 Å². The van der Waals surface area contributed by atoms with Gasteiger partial charge in [0.05, 0.1) is 12.1 Å². The molecule has 0 saturated carbocycles. The Morgan fingerprint density at radius 1 is 1.53 bits per heavy atom. The molecule has 1 heterocycles. The molecule has 86 valence electrons. The highest BCUT2D eigenvalue weighted by Gasteiger charge is 2.40. The monoisotopic (exact) mass is 214 g/mol. The maximum atomic E-state index is 11.8. The minimum atomic E-state index is -0.639. The van der Waals surface area contributed by atoms with Crippen molar-refractivity contribution in [3.8, 4) is 0 Å². The van der Waals surface area contributed by atoms with Crippen molar-refractivity contribution in [1.82, 2.24) is 15.2 Å². The van der Waals surface area contributed by atoms with E-state index >= 15 is 0 Å². The van der Waals surface area contributed by atoms with Gasteiger partial charge in [-0.15, -0.1) is 0 Å². The highest BCUT2D eigenvalue weighted by atomic mass is 16.2. The van der Waals surface area contributed by atoms with E-state index in [4.69, 9.17) is 5.84 Å². The Balaban J connectivity index is 2.74. The lowest BCUT2D eigenvalue weighted by Gasteiger charge is -2.44. The Kier molecular flexibility index (Phi) is 3.31. The summed E-state index contributed by atoms with van der Waals surface area (Å²) in [6, 6.07) is 0. The summed E-state index contributed by atoms with van der Waals surface area (Å²) in [5.74, 6) is 4.77. The van der Waals surface area contributed by atoms with E-state index in [2.05, 4.69) is 5.43 Å². The third-order valence-electron chi connectivity index (χ3n) is 2.86. The molecule has 0 aromatic heterocycles. The van der Waals surface area contributed by atoms with Gasteiger partial charge in [0.25, 0.3) is 0 Å². The number of nitrogens with zero attached hydrogens (tertiary/aromatic N) is 2. The van der Waals surface area contributed by atoms with Gasteiger partial charge in [-0.25, -0.2) is 5.84 Å². The van der Waals surface area contributed by atoms with Gasteiger partial charge >= 0.3 is 0 Å². The van der Waals surface area contributed by atoms with Crippen LogP contribution in [-0.4, -0.2) is 53.8 Å². The molecule has 0 aromatic carbocycles. The maximum absolute atomic E-state index is 11.8. The van der Waals surface area contributed by atoms with E-state index in [9.17, 15) is 9.59 Å². The first-order valence-corrected chi connectivity index (χ1v) is 4.89. The zero-order chi connectivity index (χ0) is 11.6. The number of nitrogens with two attached hydrogens (primary N) is 1. The number of hydrogen-bond donors (Lipinski definition) is 2. The van der Waals surface area contributed by atoms with Crippen LogP contribution in [0.3, 0.4) is 0 Å². The summed E-state index contributed by atoms with van der Waals surface area (Å²) in [4.78, 5) is 26.5. The first kappa shape index (κ1) is 11.9. The largest absolute Gasteiger partial charge is 0.343 e. The first-order valence-electron chi connectivity index (χ1n) is 4.89. The topological polar surface area (TPSA) is 78.7 Å². The second kappa shape index (κ2) is 4.16. The highest BCUT2D eigenvalue weighted by Crippen LogP contribution is 2.20. The number of amides is 2. The predicted octanol–water partition coefficient (Wildman–Crippen LogP) is -1.47. The van der Waals surface area contributed by atoms with E-state index < -0.39 is 5.54 Å². The van der Waals surface area contributed by atoms with Crippen molar-refractivity contribution in [2.45, 2.75) is 19.4 Å². The number of piperazine rings is 1. The lowest BCUT2D eigenvalue weighted by molar-refractivity contribution is -0.148. The number of carbonyl (C=O) groups is 2. The second-order valence-corrected chi connectivity index (χ2v) is 4.27. The normalized spacial score (nSPS) is 21.6. The van der Waals surface area contributed by atoms with Gasteiger partial charge in [-0.2, -0.15) is 0 Å². The summed E-state index contributed by atoms with van der Waals surface area (Å²) in [6.45, 7) is 5.11. The third-order valence-corrected chi connectivity index (χ3v) is 2.86. The molecule has 1 aliphatic rings. The number of hydrogen-bond acceptors (Lipinski definition) is 4. The lowest BCUT2D eigenvalue weighted by Crippen LogP contribution is -2.63. The molecule has 0 atom stereocenters. The minimum Gasteiger partial charge on any atom is -0.343 e. The van der Waals surface area contributed by atoms with Crippen LogP contribution >= 0.6 is 0 Å². The van der Waals surface area contributed by atoms with E-state index in [-0.39, 0.29) is 18.4 Å². The fraction of sp³-hybridized carbons (Fsp3) is 0.778. The Morgan fingerprint density at radius 2 is 2.13 bits per heavy atom. The van der Waals surface area contributed by atoms with Gasteiger partial charge in [-0.1, -0.05) is 0 Å². The van der Waals surface area contributed by atoms with Crippen LogP contribution in [-0.2, 0) is 9.59 Å². The van der Waals surface area contributed by atoms with Crippen LogP contribution in [0.25, 0.3) is 0 Å². The predicted molar refractivity (Wildman–Crippen MR) is 55.6 cm³/mol. The second-order valence-electron chi connectivity index (χ2n) is 4.27. The van der Waals surface area contributed by atoms with Gasteiger partial charge in [-0.3, -0.25) is 19.9 Å². The summed E-state index contributed by atoms with van der Waals surface area (Å²) in [5, 5.41) is 0. The quantitative estimate of drug-likeness (QED) is 0.334. The van der Waals surface area contributed by atoms with Crippen LogP contribution < -0.4 is 11.3 Å². The minimum absolute atomic E-state index is 0.0265. The molecule has 1 fully saturated rings. The van der Waals surface area contributed by atoms with Crippen molar-refractivity contribution in [2.75, 3.05) is 26.7 Å². The van der Waals surface area contributed by atoms with Gasteiger partial charge < -0.3 is 4.90 Å². The molecule has 0 spiro atoms. The number of carbonyl (C=O) groups excluding carboxylic acids is 2. The third kappa shape index (κ3) is 2.27. The molecule has 0 radical (unpaired) electrons. The summed E-state index contributed by atoms with van der Waals surface area (Å²) in [6.07, 6.45) is 0. The van der Waals surface area contributed by atoms with E-state index in [1.54, 1.807) is 11.9 Å². The SMILES string of the molecule is CN1CCN(CC(=O)NN)C(C)(C)C1=O. The average molecular weight is 214 g/mol. The molecular formula is C9H18N4O2. The highest BCUT2D eigenvalue weighted by molar-refractivity contribution is 5.87. The molecule has 1 aliphatic heterocycles. The Morgan fingerprint density at radius 3 is 2.67 bits per heavy atom. The Bertz CT molecular complexity index is 277. The summed E-state index contributed by atoms with van der Waals surface area (Å²) in [5.41, 5.74) is 1.43. The fourth-order valence-electron chi connectivity index (χ4n) is 1.75. The lowest BCUT2D eigenvalue weighted by atomic mass is 9.98. The van der Waals surface area contributed by atoms with Crippen LogP contribution in [0, 0.1) is 0 Å². The molecule has 0 aromatic rings. The van der Waals surface area contributed by atoms with Crippen LogP contribution in [0.2, 0.25) is 0 Å². The van der Waals surface area contributed by atoms with Crippen molar-refractivity contribution in [3.05, 3.63) is 0 Å². The van der Waals surface area contributed by atoms with Crippen molar-refractivity contribution >= 4 is 11.8 Å². The van der Waals surface area contributed by atoms with Gasteiger partial charge in [0.1, 0.15) is 0 Å². The Hall–Kier alpha value is -1.14. The van der Waals surface area contributed by atoms with E-state index in [0.717, 1.165) is 0 Å². The van der Waals surface area contributed by atoms with Gasteiger partial charge in [-0.05, 0) is 13.8 Å². The van der Waals surface area contributed by atoms with Crippen LogP contribution in [0.1, 0.15) is 13.8 Å². The number of hydrazine groups is 1. The smallest absolute Gasteiger partial charge is 0.248 e. The van der Waals surface area contributed by atoms with Crippen molar-refractivity contribution in [2.24, 2.45) is 5.84 Å². The molecule has 1 saturated heterocycles. The molecule has 6 nitrogen and oxygen atoms in total. The first-order chi connectivity index (χ1) is 6.89. The molecule has 0 unspecified atom stereocenters. The van der Waals surface area contributed by atoms with Crippen LogP contribution in [0.15, 0.2) is 0 Å². The molecule has 0 aliphatic carbocycles. The fourth-order valence-corrected chi connectivity index (χ4v) is 1.75. The van der Waals surface area contributed by atoms with Gasteiger partial charge in [0.15, 0.2) is 0 Å². The molecule has 1 rings (SSSR count). The standard InChI is InChI=1S/C9H18N4O2/c1-9(2)8(15)12(3)4-5-13(9)6-7(14)11-10/h4-6,10H2,1-3H3,(H,11,14). The summed E-state index contributed by atoms with van der Waals surface area (Å²) >= 11 is 0. The number of likely N-dealkylation sites (N-methyl/N-ethyl adjacent to an activating group) is 1. The molecular weight excluding hydrogens is 196 g/mol. The van der Waals surface area contributed by atoms with E-state index in [1.807, 2.05) is 18.7 Å². The maximum Gasteiger partial charge on any atom is 0.248 e. The molecule has 6 heteroatoms. The average Bonchev–Trinajstić information content (AvgIpc) is 2.19. The summed E-state index contributed by atoms with van der Waals surface area (Å²) < 4.78 is 0. The van der Waals surface area contributed by atoms with Crippen LogP contribution in [0.4, 0.5) is 0 Å². The zero-order valence-corrected chi connectivity index (χ0v) is 9.41. The molecule has 0 bridgehead atoms. The molecule has 3 N–H and O–H groups in total. The van der Waals surface area contributed by atoms with Gasteiger partial charge in [0, 0.05) is 20.1 Å². The van der Waals surface area contributed by atoms with Gasteiger partial charge in [0.2, 0.25) is 11.8 Å².